The number of nitrogens with zero attached hydrogens (tertiary/aromatic N) is 2. The lowest BCUT2D eigenvalue weighted by molar-refractivity contribution is 0.576. The molecule has 0 unspecified atom stereocenters. The lowest BCUT2D eigenvalue weighted by atomic mass is 10.2. The Bertz CT molecular complexity index is 738. The summed E-state index contributed by atoms with van der Waals surface area (Å²) < 4.78 is 29.7. The molecule has 5 nitrogen and oxygen atoms in total. The van der Waals surface area contributed by atoms with Gasteiger partial charge in [0.15, 0.2) is 0 Å². The molecule has 0 aliphatic carbocycles. The zero-order chi connectivity index (χ0) is 14.9. The Labute approximate surface area is 127 Å². The summed E-state index contributed by atoms with van der Waals surface area (Å²) in [5, 5.41) is 4.19. The van der Waals surface area contributed by atoms with Crippen LogP contribution in [0, 0.1) is 13.8 Å². The van der Waals surface area contributed by atoms with Gasteiger partial charge >= 0.3 is 0 Å². The summed E-state index contributed by atoms with van der Waals surface area (Å²) in [4.78, 5) is 0.291. The van der Waals surface area contributed by atoms with Crippen molar-refractivity contribution in [3.8, 4) is 0 Å². The molecule has 0 aliphatic rings. The van der Waals surface area contributed by atoms with Crippen molar-refractivity contribution in [1.29, 1.82) is 0 Å². The van der Waals surface area contributed by atoms with E-state index in [0.29, 0.717) is 10.5 Å². The van der Waals surface area contributed by atoms with Gasteiger partial charge in [-0.25, -0.2) is 13.1 Å². The number of hydrogen-bond acceptors (Lipinski definition) is 3. The number of nitrogens with one attached hydrogen (secondary N) is 1. The number of rotatable bonds is 4. The molecule has 2 rings (SSSR count). The van der Waals surface area contributed by atoms with Gasteiger partial charge in [-0.2, -0.15) is 5.10 Å². The summed E-state index contributed by atoms with van der Waals surface area (Å²) in [6.45, 7) is 3.86. The third-order valence-electron chi connectivity index (χ3n) is 2.97. The quantitative estimate of drug-likeness (QED) is 0.912. The average Bonchev–Trinajstić information content (AvgIpc) is 2.65. The van der Waals surface area contributed by atoms with Crippen LogP contribution in [0.2, 0.25) is 0 Å². The van der Waals surface area contributed by atoms with Crippen LogP contribution in [0.3, 0.4) is 0 Å². The van der Waals surface area contributed by atoms with Crippen molar-refractivity contribution in [3.05, 3.63) is 45.7 Å². The van der Waals surface area contributed by atoms with E-state index in [1.54, 1.807) is 36.9 Å². The molecule has 0 saturated carbocycles. The molecule has 20 heavy (non-hydrogen) atoms. The van der Waals surface area contributed by atoms with Crippen LogP contribution in [-0.4, -0.2) is 18.2 Å². The van der Waals surface area contributed by atoms with Crippen molar-refractivity contribution >= 4 is 26.0 Å². The molecular weight excluding hydrogens is 342 g/mol. The van der Waals surface area contributed by atoms with E-state index in [9.17, 15) is 8.42 Å². The topological polar surface area (TPSA) is 64.0 Å². The van der Waals surface area contributed by atoms with Gasteiger partial charge in [0.1, 0.15) is 0 Å². The summed E-state index contributed by atoms with van der Waals surface area (Å²) in [6.07, 6.45) is 0. The Kier molecular flexibility index (Phi) is 4.31. The van der Waals surface area contributed by atoms with Crippen molar-refractivity contribution in [1.82, 2.24) is 14.5 Å². The SMILES string of the molecule is Cc1cc(CNS(=O)(=O)c2ccc(Br)cc2C)n(C)n1. The monoisotopic (exact) mass is 357 g/mol. The molecule has 0 fully saturated rings. The fourth-order valence-corrected chi connectivity index (χ4v) is 3.69. The molecule has 0 aliphatic heterocycles. The molecule has 7 heteroatoms. The molecule has 0 saturated heterocycles. The van der Waals surface area contributed by atoms with Crippen LogP contribution < -0.4 is 4.72 Å². The molecule has 0 amide bonds. The zero-order valence-electron chi connectivity index (χ0n) is 11.5. The van der Waals surface area contributed by atoms with Crippen LogP contribution in [0.5, 0.6) is 0 Å². The first-order valence-corrected chi connectivity index (χ1v) is 8.32. The molecule has 108 valence electrons. The predicted octanol–water partition coefficient (Wildman–Crippen LogP) is 2.28. The number of aryl methyl sites for hydroxylation is 3. The Morgan fingerprint density at radius 3 is 2.55 bits per heavy atom. The van der Waals surface area contributed by atoms with Crippen molar-refractivity contribution in [2.24, 2.45) is 7.05 Å². The zero-order valence-corrected chi connectivity index (χ0v) is 13.9. The van der Waals surface area contributed by atoms with E-state index in [4.69, 9.17) is 0 Å². The summed E-state index contributed by atoms with van der Waals surface area (Å²) in [7, 11) is -1.73. The van der Waals surface area contributed by atoms with E-state index in [1.165, 1.54) is 0 Å². The molecule has 0 spiro atoms. The summed E-state index contributed by atoms with van der Waals surface area (Å²) in [5.74, 6) is 0. The van der Waals surface area contributed by atoms with E-state index >= 15 is 0 Å². The summed E-state index contributed by atoms with van der Waals surface area (Å²) in [6, 6.07) is 6.95. The van der Waals surface area contributed by atoms with Crippen molar-refractivity contribution < 1.29 is 8.42 Å². The highest BCUT2D eigenvalue weighted by atomic mass is 79.9. The molecule has 0 atom stereocenters. The number of sulfonamides is 1. The van der Waals surface area contributed by atoms with Crippen LogP contribution in [0.1, 0.15) is 17.0 Å². The van der Waals surface area contributed by atoms with E-state index in [1.807, 2.05) is 13.0 Å². The fourth-order valence-electron chi connectivity index (χ4n) is 1.99. The van der Waals surface area contributed by atoms with Gasteiger partial charge in [-0.05, 0) is 43.7 Å². The van der Waals surface area contributed by atoms with Gasteiger partial charge in [0, 0.05) is 11.5 Å². The number of benzene rings is 1. The van der Waals surface area contributed by atoms with Crippen molar-refractivity contribution in [3.63, 3.8) is 0 Å². The maximum atomic E-state index is 12.3. The maximum Gasteiger partial charge on any atom is 0.241 e. The van der Waals surface area contributed by atoms with Crippen molar-refractivity contribution in [2.75, 3.05) is 0 Å². The van der Waals surface area contributed by atoms with E-state index in [0.717, 1.165) is 15.9 Å². The van der Waals surface area contributed by atoms with Crippen LogP contribution >= 0.6 is 15.9 Å². The minimum absolute atomic E-state index is 0.217. The standard InChI is InChI=1S/C13H16BrN3O2S/c1-9-6-11(14)4-5-13(9)20(18,19)15-8-12-7-10(2)16-17(12)3/h4-7,15H,8H2,1-3H3. The lowest BCUT2D eigenvalue weighted by Crippen LogP contribution is -2.25. The highest BCUT2D eigenvalue weighted by Crippen LogP contribution is 2.20. The first-order chi connectivity index (χ1) is 9.29. The smallest absolute Gasteiger partial charge is 0.241 e. The first-order valence-electron chi connectivity index (χ1n) is 6.05. The Morgan fingerprint density at radius 2 is 2.00 bits per heavy atom. The molecular formula is C13H16BrN3O2S. The van der Waals surface area contributed by atoms with Crippen LogP contribution in [0.4, 0.5) is 0 Å². The summed E-state index contributed by atoms with van der Waals surface area (Å²) in [5.41, 5.74) is 2.38. The number of hydrogen-bond donors (Lipinski definition) is 1. The second kappa shape index (κ2) is 5.67. The number of aromatic nitrogens is 2. The summed E-state index contributed by atoms with van der Waals surface area (Å²) >= 11 is 3.32. The third kappa shape index (κ3) is 3.28. The minimum atomic E-state index is -3.53. The minimum Gasteiger partial charge on any atom is -0.271 e. The predicted molar refractivity (Wildman–Crippen MR) is 80.8 cm³/mol. The molecule has 1 aromatic carbocycles. The third-order valence-corrected chi connectivity index (χ3v) is 5.02. The highest BCUT2D eigenvalue weighted by Gasteiger charge is 2.17. The van der Waals surface area contributed by atoms with Crippen LogP contribution in [0.25, 0.3) is 0 Å². The molecule has 2 aromatic rings. The highest BCUT2D eigenvalue weighted by molar-refractivity contribution is 9.10. The molecule has 0 radical (unpaired) electrons. The van der Waals surface area contributed by atoms with Crippen molar-refractivity contribution in [2.45, 2.75) is 25.3 Å². The van der Waals surface area contributed by atoms with E-state index in [-0.39, 0.29) is 6.54 Å². The van der Waals surface area contributed by atoms with Gasteiger partial charge in [0.25, 0.3) is 0 Å². The van der Waals surface area contributed by atoms with Crippen LogP contribution in [-0.2, 0) is 23.6 Å². The molecule has 0 bridgehead atoms. The van der Waals surface area contributed by atoms with E-state index < -0.39 is 10.0 Å². The van der Waals surface area contributed by atoms with Gasteiger partial charge in [0.05, 0.1) is 22.8 Å². The lowest BCUT2D eigenvalue weighted by Gasteiger charge is -2.09. The fraction of sp³-hybridized carbons (Fsp3) is 0.308. The molecule has 1 heterocycles. The van der Waals surface area contributed by atoms with Crippen LogP contribution in [0.15, 0.2) is 33.6 Å². The van der Waals surface area contributed by atoms with Gasteiger partial charge in [-0.3, -0.25) is 4.68 Å². The number of halogens is 1. The van der Waals surface area contributed by atoms with E-state index in [2.05, 4.69) is 25.8 Å². The Morgan fingerprint density at radius 1 is 1.30 bits per heavy atom. The molecule has 1 aromatic heterocycles. The second-order valence-corrected chi connectivity index (χ2v) is 7.29. The van der Waals surface area contributed by atoms with Gasteiger partial charge in [-0.15, -0.1) is 0 Å². The Balaban J connectivity index is 2.21. The van der Waals surface area contributed by atoms with Gasteiger partial charge in [-0.1, -0.05) is 15.9 Å². The first kappa shape index (κ1) is 15.2. The van der Waals surface area contributed by atoms with Gasteiger partial charge in [0.2, 0.25) is 10.0 Å². The molecule has 1 N–H and O–H groups in total. The average molecular weight is 358 g/mol. The normalized spacial score (nSPS) is 11.8. The largest absolute Gasteiger partial charge is 0.271 e. The maximum absolute atomic E-state index is 12.3. The van der Waals surface area contributed by atoms with Gasteiger partial charge < -0.3 is 0 Å². The second-order valence-electron chi connectivity index (χ2n) is 4.64. The Hall–Kier alpha value is -1.18.